The van der Waals surface area contributed by atoms with Crippen LogP contribution < -0.4 is 11.1 Å². The first kappa shape index (κ1) is 16.2. The van der Waals surface area contributed by atoms with Crippen LogP contribution >= 0.6 is 0 Å². The van der Waals surface area contributed by atoms with E-state index in [1.807, 2.05) is 13.8 Å². The zero-order valence-electron chi connectivity index (χ0n) is 11.2. The molecule has 0 aliphatic heterocycles. The van der Waals surface area contributed by atoms with Gasteiger partial charge < -0.3 is 15.8 Å². The molecule has 112 valence electrons. The minimum atomic E-state index is -4.35. The Hall–Kier alpha value is -0.820. The molecule has 0 bridgehead atoms. The highest BCUT2D eigenvalue weighted by atomic mass is 19.4. The maximum Gasteiger partial charge on any atom is 0.411 e. The lowest BCUT2D eigenvalue weighted by Gasteiger charge is -2.40. The predicted octanol–water partition coefficient (Wildman–Crippen LogP) is 1.73. The highest BCUT2D eigenvalue weighted by Crippen LogP contribution is 2.31. The van der Waals surface area contributed by atoms with Gasteiger partial charge in [0, 0.05) is 12.5 Å². The molecule has 0 spiro atoms. The van der Waals surface area contributed by atoms with E-state index in [1.165, 1.54) is 0 Å². The van der Waals surface area contributed by atoms with Crippen LogP contribution in [0.2, 0.25) is 0 Å². The SMILES string of the molecule is CC(C)NC1(C(N)=O)CCCC(OCC(F)(F)F)C1. The minimum absolute atomic E-state index is 0.0221. The molecule has 0 aromatic rings. The molecule has 0 radical (unpaired) electrons. The molecule has 3 N–H and O–H groups in total. The Morgan fingerprint density at radius 2 is 2.16 bits per heavy atom. The van der Waals surface area contributed by atoms with Gasteiger partial charge in [-0.1, -0.05) is 0 Å². The molecule has 1 amide bonds. The molecule has 0 aromatic heterocycles. The van der Waals surface area contributed by atoms with E-state index in [1.54, 1.807) is 0 Å². The van der Waals surface area contributed by atoms with E-state index in [0.29, 0.717) is 19.3 Å². The summed E-state index contributed by atoms with van der Waals surface area (Å²) in [6.07, 6.45) is -3.08. The number of hydrogen-bond acceptors (Lipinski definition) is 3. The normalized spacial score (nSPS) is 28.6. The molecule has 1 aliphatic rings. The summed E-state index contributed by atoms with van der Waals surface area (Å²) in [5, 5.41) is 3.09. The van der Waals surface area contributed by atoms with Gasteiger partial charge in [0.1, 0.15) is 12.1 Å². The van der Waals surface area contributed by atoms with E-state index in [4.69, 9.17) is 10.5 Å². The van der Waals surface area contributed by atoms with Gasteiger partial charge >= 0.3 is 6.18 Å². The van der Waals surface area contributed by atoms with Gasteiger partial charge in [-0.2, -0.15) is 13.2 Å². The Morgan fingerprint density at radius 1 is 1.53 bits per heavy atom. The first-order valence-corrected chi connectivity index (χ1v) is 6.40. The van der Waals surface area contributed by atoms with Crippen molar-refractivity contribution in [3.63, 3.8) is 0 Å². The molecule has 1 saturated carbocycles. The molecule has 0 saturated heterocycles. The Kier molecular flexibility index (Phi) is 5.20. The summed E-state index contributed by atoms with van der Waals surface area (Å²) in [5.74, 6) is -0.526. The summed E-state index contributed by atoms with van der Waals surface area (Å²) in [6.45, 7) is 2.45. The fourth-order valence-corrected chi connectivity index (χ4v) is 2.56. The second-order valence-electron chi connectivity index (χ2n) is 5.39. The second-order valence-corrected chi connectivity index (χ2v) is 5.39. The van der Waals surface area contributed by atoms with Crippen molar-refractivity contribution < 1.29 is 22.7 Å². The van der Waals surface area contributed by atoms with E-state index in [2.05, 4.69) is 5.32 Å². The highest BCUT2D eigenvalue weighted by Gasteiger charge is 2.43. The molecule has 2 unspecified atom stereocenters. The van der Waals surface area contributed by atoms with Gasteiger partial charge in [0.25, 0.3) is 0 Å². The molecular formula is C12H21F3N2O2. The second kappa shape index (κ2) is 6.09. The van der Waals surface area contributed by atoms with Crippen molar-refractivity contribution in [2.75, 3.05) is 6.61 Å². The van der Waals surface area contributed by atoms with Gasteiger partial charge in [0.2, 0.25) is 5.91 Å². The van der Waals surface area contributed by atoms with Crippen molar-refractivity contribution in [2.24, 2.45) is 5.73 Å². The Bertz CT molecular complexity index is 321. The zero-order valence-corrected chi connectivity index (χ0v) is 11.2. The summed E-state index contributed by atoms with van der Waals surface area (Å²) >= 11 is 0. The fourth-order valence-electron chi connectivity index (χ4n) is 2.56. The van der Waals surface area contributed by atoms with Crippen LogP contribution in [0.3, 0.4) is 0 Å². The summed E-state index contributed by atoms with van der Waals surface area (Å²) in [5.41, 5.74) is 4.46. The predicted molar refractivity (Wildman–Crippen MR) is 64.5 cm³/mol. The van der Waals surface area contributed by atoms with Crippen molar-refractivity contribution in [2.45, 2.75) is 63.4 Å². The maximum absolute atomic E-state index is 12.1. The van der Waals surface area contributed by atoms with E-state index >= 15 is 0 Å². The van der Waals surface area contributed by atoms with Gasteiger partial charge in [-0.15, -0.1) is 0 Å². The lowest BCUT2D eigenvalue weighted by Crippen LogP contribution is -2.60. The quantitative estimate of drug-likeness (QED) is 0.807. The van der Waals surface area contributed by atoms with Crippen molar-refractivity contribution in [1.29, 1.82) is 0 Å². The standard InChI is InChI=1S/C12H21F3N2O2/c1-8(2)17-11(10(16)18)5-3-4-9(6-11)19-7-12(13,14)15/h8-9,17H,3-7H2,1-2H3,(H2,16,18). The third-order valence-electron chi connectivity index (χ3n) is 3.23. The number of carbonyl (C=O) groups is 1. The topological polar surface area (TPSA) is 64.3 Å². The van der Waals surface area contributed by atoms with E-state index in [0.717, 1.165) is 0 Å². The number of primary amides is 1. The summed E-state index contributed by atoms with van der Waals surface area (Å²) in [4.78, 5) is 11.6. The van der Waals surface area contributed by atoms with Gasteiger partial charge in [-0.05, 0) is 33.1 Å². The van der Waals surface area contributed by atoms with Gasteiger partial charge in [-0.25, -0.2) is 0 Å². The number of nitrogens with two attached hydrogens (primary N) is 1. The number of ether oxygens (including phenoxy) is 1. The lowest BCUT2D eigenvalue weighted by atomic mass is 9.79. The number of carbonyl (C=O) groups excluding carboxylic acids is 1. The number of nitrogens with one attached hydrogen (secondary N) is 1. The molecule has 0 heterocycles. The lowest BCUT2D eigenvalue weighted by molar-refractivity contribution is -0.190. The average molecular weight is 282 g/mol. The largest absolute Gasteiger partial charge is 0.411 e. The molecule has 1 rings (SSSR count). The zero-order chi connectivity index (χ0) is 14.7. The van der Waals surface area contributed by atoms with Gasteiger partial charge in [-0.3, -0.25) is 4.79 Å². The smallest absolute Gasteiger partial charge is 0.369 e. The molecule has 0 aromatic carbocycles. The van der Waals surface area contributed by atoms with Crippen LogP contribution in [-0.2, 0) is 9.53 Å². The molecule has 1 fully saturated rings. The molecule has 2 atom stereocenters. The van der Waals surface area contributed by atoms with Crippen LogP contribution in [0, 0.1) is 0 Å². The third-order valence-corrected chi connectivity index (χ3v) is 3.23. The number of hydrogen-bond donors (Lipinski definition) is 2. The van der Waals surface area contributed by atoms with Crippen molar-refractivity contribution in [1.82, 2.24) is 5.32 Å². The number of rotatable bonds is 5. The Labute approximate surface area is 110 Å². The van der Waals surface area contributed by atoms with E-state index in [9.17, 15) is 18.0 Å². The van der Waals surface area contributed by atoms with Gasteiger partial charge in [0.15, 0.2) is 0 Å². The van der Waals surface area contributed by atoms with E-state index < -0.39 is 30.3 Å². The number of amides is 1. The summed E-state index contributed by atoms with van der Waals surface area (Å²) in [7, 11) is 0. The first-order chi connectivity index (χ1) is 8.65. The number of halogens is 3. The molecule has 7 heteroatoms. The number of alkyl halides is 3. The van der Waals surface area contributed by atoms with Gasteiger partial charge in [0.05, 0.1) is 6.10 Å². The fraction of sp³-hybridized carbons (Fsp3) is 0.917. The molecule has 4 nitrogen and oxygen atoms in total. The van der Waals surface area contributed by atoms with Crippen molar-refractivity contribution >= 4 is 5.91 Å². The molecule has 1 aliphatic carbocycles. The van der Waals surface area contributed by atoms with Crippen LogP contribution in [0.25, 0.3) is 0 Å². The maximum atomic E-state index is 12.1. The minimum Gasteiger partial charge on any atom is -0.369 e. The summed E-state index contributed by atoms with van der Waals surface area (Å²) in [6, 6.07) is 0.0221. The van der Waals surface area contributed by atoms with Crippen molar-refractivity contribution in [3.05, 3.63) is 0 Å². The first-order valence-electron chi connectivity index (χ1n) is 6.40. The Morgan fingerprint density at radius 3 is 2.63 bits per heavy atom. The highest BCUT2D eigenvalue weighted by molar-refractivity contribution is 5.84. The van der Waals surface area contributed by atoms with Crippen molar-refractivity contribution in [3.8, 4) is 0 Å². The summed E-state index contributed by atoms with van der Waals surface area (Å²) < 4.78 is 41.3. The molecule has 19 heavy (non-hydrogen) atoms. The van der Waals surface area contributed by atoms with Crippen LogP contribution in [0.5, 0.6) is 0 Å². The van der Waals surface area contributed by atoms with Crippen LogP contribution in [0.4, 0.5) is 13.2 Å². The van der Waals surface area contributed by atoms with Crippen LogP contribution in [-0.4, -0.2) is 36.4 Å². The third kappa shape index (κ3) is 4.99. The van der Waals surface area contributed by atoms with Crippen LogP contribution in [0.1, 0.15) is 39.5 Å². The molecular weight excluding hydrogens is 261 g/mol. The van der Waals surface area contributed by atoms with E-state index in [-0.39, 0.29) is 12.5 Å². The van der Waals surface area contributed by atoms with Crippen LogP contribution in [0.15, 0.2) is 0 Å². The average Bonchev–Trinajstić information content (AvgIpc) is 2.25. The monoisotopic (exact) mass is 282 g/mol. The Balaban J connectivity index is 2.66.